The van der Waals surface area contributed by atoms with Crippen LogP contribution < -0.4 is 4.74 Å². The molecular weight excluding hydrogens is 188 g/mol. The van der Waals surface area contributed by atoms with E-state index in [9.17, 15) is 4.79 Å². The van der Waals surface area contributed by atoms with Gasteiger partial charge in [0.25, 0.3) is 0 Å². The second-order valence-corrected chi connectivity index (χ2v) is 3.80. The Morgan fingerprint density at radius 3 is 2.87 bits per heavy atom. The quantitative estimate of drug-likeness (QED) is 0.689. The number of carbonyl (C=O) groups excluding carboxylic acids is 1. The molecule has 2 rings (SSSR count). The fourth-order valence-electron chi connectivity index (χ4n) is 2.00. The minimum absolute atomic E-state index is 0.112. The molecule has 0 amide bonds. The van der Waals surface area contributed by atoms with E-state index in [4.69, 9.17) is 4.74 Å². The van der Waals surface area contributed by atoms with E-state index in [-0.39, 0.29) is 5.78 Å². The molecule has 15 heavy (non-hydrogen) atoms. The van der Waals surface area contributed by atoms with Gasteiger partial charge in [0.1, 0.15) is 5.75 Å². The lowest BCUT2D eigenvalue weighted by atomic mass is 10.1. The fraction of sp³-hybridized carbons (Fsp3) is 0.308. The summed E-state index contributed by atoms with van der Waals surface area (Å²) >= 11 is 0. The standard InChI is InChI=1S/C13H14O2/c1-9(14)7-11-4-3-10-5-6-12(15-2)8-13(10)11/h5-8H,3-4H2,1-2H3/b11-7-. The van der Waals surface area contributed by atoms with Crippen LogP contribution in [0.15, 0.2) is 24.3 Å². The second kappa shape index (κ2) is 3.89. The Bertz CT molecular complexity index is 430. The number of hydrogen-bond acceptors (Lipinski definition) is 2. The van der Waals surface area contributed by atoms with Gasteiger partial charge in [-0.3, -0.25) is 4.79 Å². The zero-order valence-corrected chi connectivity index (χ0v) is 9.04. The smallest absolute Gasteiger partial charge is 0.152 e. The Morgan fingerprint density at radius 1 is 1.40 bits per heavy atom. The number of allylic oxidation sites excluding steroid dienone is 2. The zero-order chi connectivity index (χ0) is 10.8. The second-order valence-electron chi connectivity index (χ2n) is 3.80. The number of ether oxygens (including phenoxy) is 1. The van der Waals surface area contributed by atoms with E-state index in [1.165, 1.54) is 11.1 Å². The van der Waals surface area contributed by atoms with E-state index in [1.54, 1.807) is 20.1 Å². The van der Waals surface area contributed by atoms with Gasteiger partial charge in [0.15, 0.2) is 5.78 Å². The van der Waals surface area contributed by atoms with Gasteiger partial charge in [0.2, 0.25) is 0 Å². The molecule has 0 atom stereocenters. The maximum Gasteiger partial charge on any atom is 0.152 e. The van der Waals surface area contributed by atoms with Crippen molar-refractivity contribution in [1.82, 2.24) is 0 Å². The summed E-state index contributed by atoms with van der Waals surface area (Å²) in [6, 6.07) is 6.06. The van der Waals surface area contributed by atoms with Crippen molar-refractivity contribution in [2.24, 2.45) is 0 Å². The van der Waals surface area contributed by atoms with Crippen LogP contribution in [0.5, 0.6) is 5.75 Å². The molecular formula is C13H14O2. The van der Waals surface area contributed by atoms with Gasteiger partial charge in [-0.25, -0.2) is 0 Å². The molecule has 0 unspecified atom stereocenters. The van der Waals surface area contributed by atoms with Crippen molar-refractivity contribution in [1.29, 1.82) is 0 Å². The fourth-order valence-corrected chi connectivity index (χ4v) is 2.00. The predicted molar refractivity (Wildman–Crippen MR) is 60.0 cm³/mol. The largest absolute Gasteiger partial charge is 0.497 e. The molecule has 0 heterocycles. The molecule has 78 valence electrons. The molecule has 0 saturated heterocycles. The van der Waals surface area contributed by atoms with Gasteiger partial charge in [-0.1, -0.05) is 6.07 Å². The molecule has 1 aliphatic rings. The molecule has 0 aliphatic heterocycles. The molecule has 0 N–H and O–H groups in total. The summed E-state index contributed by atoms with van der Waals surface area (Å²) in [6.07, 6.45) is 3.71. The lowest BCUT2D eigenvalue weighted by Gasteiger charge is -2.04. The number of fused-ring (bicyclic) bond motifs is 1. The maximum atomic E-state index is 11.1. The van der Waals surface area contributed by atoms with Crippen molar-refractivity contribution in [2.45, 2.75) is 19.8 Å². The Morgan fingerprint density at radius 2 is 2.20 bits per heavy atom. The first-order chi connectivity index (χ1) is 7.20. The number of ketones is 1. The highest BCUT2D eigenvalue weighted by atomic mass is 16.5. The predicted octanol–water partition coefficient (Wildman–Crippen LogP) is 2.61. The number of methoxy groups -OCH3 is 1. The monoisotopic (exact) mass is 202 g/mol. The van der Waals surface area contributed by atoms with Gasteiger partial charge in [-0.2, -0.15) is 0 Å². The average molecular weight is 202 g/mol. The normalized spacial score (nSPS) is 16.5. The molecule has 1 aromatic rings. The number of aryl methyl sites for hydroxylation is 1. The Labute approximate surface area is 89.6 Å². The zero-order valence-electron chi connectivity index (χ0n) is 9.04. The highest BCUT2D eigenvalue weighted by Gasteiger charge is 2.16. The molecule has 1 aliphatic carbocycles. The third-order valence-electron chi connectivity index (χ3n) is 2.70. The highest BCUT2D eigenvalue weighted by molar-refractivity contribution is 5.96. The summed E-state index contributed by atoms with van der Waals surface area (Å²) < 4.78 is 5.18. The molecule has 0 bridgehead atoms. The molecule has 2 nitrogen and oxygen atoms in total. The van der Waals surface area contributed by atoms with E-state index in [1.807, 2.05) is 12.1 Å². The molecule has 0 fully saturated rings. The Kier molecular flexibility index (Phi) is 2.58. The molecule has 0 saturated carbocycles. The van der Waals surface area contributed by atoms with Gasteiger partial charge in [-0.15, -0.1) is 0 Å². The first kappa shape index (κ1) is 9.97. The summed E-state index contributed by atoms with van der Waals surface area (Å²) in [5.74, 6) is 0.964. The van der Waals surface area contributed by atoms with Crippen molar-refractivity contribution in [3.8, 4) is 5.75 Å². The lowest BCUT2D eigenvalue weighted by molar-refractivity contribution is -0.112. The third kappa shape index (κ3) is 1.94. The summed E-state index contributed by atoms with van der Waals surface area (Å²) in [5, 5.41) is 0. The van der Waals surface area contributed by atoms with E-state index >= 15 is 0 Å². The van der Waals surface area contributed by atoms with Crippen molar-refractivity contribution < 1.29 is 9.53 Å². The topological polar surface area (TPSA) is 26.3 Å². The SMILES string of the molecule is COc1ccc2c(c1)/C(=C\C(C)=O)CC2. The first-order valence-electron chi connectivity index (χ1n) is 5.09. The van der Waals surface area contributed by atoms with Crippen molar-refractivity contribution in [2.75, 3.05) is 7.11 Å². The van der Waals surface area contributed by atoms with E-state index < -0.39 is 0 Å². The number of carbonyl (C=O) groups is 1. The average Bonchev–Trinajstić information content (AvgIpc) is 2.60. The molecule has 1 aromatic carbocycles. The molecule has 0 spiro atoms. The van der Waals surface area contributed by atoms with E-state index in [0.717, 1.165) is 24.2 Å². The van der Waals surface area contributed by atoms with Gasteiger partial charge >= 0.3 is 0 Å². The van der Waals surface area contributed by atoms with Crippen LogP contribution >= 0.6 is 0 Å². The number of rotatable bonds is 2. The lowest BCUT2D eigenvalue weighted by Crippen LogP contribution is -1.88. The van der Waals surface area contributed by atoms with Crippen LogP contribution in [0.1, 0.15) is 24.5 Å². The summed E-state index contributed by atoms with van der Waals surface area (Å²) in [6.45, 7) is 1.59. The summed E-state index contributed by atoms with van der Waals surface area (Å²) in [4.78, 5) is 11.1. The van der Waals surface area contributed by atoms with Crippen LogP contribution in [0.2, 0.25) is 0 Å². The molecule has 2 heteroatoms. The van der Waals surface area contributed by atoms with Gasteiger partial charge in [0, 0.05) is 0 Å². The van der Waals surface area contributed by atoms with E-state index in [0.29, 0.717) is 0 Å². The van der Waals surface area contributed by atoms with Crippen LogP contribution in [0.25, 0.3) is 5.57 Å². The number of hydrogen-bond donors (Lipinski definition) is 0. The first-order valence-corrected chi connectivity index (χ1v) is 5.09. The maximum absolute atomic E-state index is 11.1. The third-order valence-corrected chi connectivity index (χ3v) is 2.70. The Hall–Kier alpha value is -1.57. The van der Waals surface area contributed by atoms with Crippen LogP contribution in [-0.4, -0.2) is 12.9 Å². The van der Waals surface area contributed by atoms with E-state index in [2.05, 4.69) is 6.07 Å². The van der Waals surface area contributed by atoms with Crippen LogP contribution in [0.4, 0.5) is 0 Å². The minimum atomic E-state index is 0.112. The van der Waals surface area contributed by atoms with Gasteiger partial charge in [-0.05, 0) is 54.7 Å². The molecule has 0 radical (unpaired) electrons. The van der Waals surface area contributed by atoms with Crippen molar-refractivity contribution in [3.63, 3.8) is 0 Å². The summed E-state index contributed by atoms with van der Waals surface area (Å²) in [7, 11) is 1.66. The van der Waals surface area contributed by atoms with Crippen LogP contribution in [-0.2, 0) is 11.2 Å². The molecule has 0 aromatic heterocycles. The van der Waals surface area contributed by atoms with Gasteiger partial charge in [0.05, 0.1) is 7.11 Å². The Balaban J connectivity index is 2.44. The van der Waals surface area contributed by atoms with Gasteiger partial charge < -0.3 is 4.74 Å². The summed E-state index contributed by atoms with van der Waals surface area (Å²) in [5.41, 5.74) is 3.62. The van der Waals surface area contributed by atoms with Crippen LogP contribution in [0.3, 0.4) is 0 Å². The van der Waals surface area contributed by atoms with Crippen molar-refractivity contribution >= 4 is 11.4 Å². The number of benzene rings is 1. The minimum Gasteiger partial charge on any atom is -0.497 e. The van der Waals surface area contributed by atoms with Crippen LogP contribution in [0, 0.1) is 0 Å². The highest BCUT2D eigenvalue weighted by Crippen LogP contribution is 2.34. The van der Waals surface area contributed by atoms with Crippen molar-refractivity contribution in [3.05, 3.63) is 35.4 Å².